The van der Waals surface area contributed by atoms with Crippen molar-refractivity contribution in [1.29, 1.82) is 0 Å². The normalized spacial score (nSPS) is 13.8. The highest BCUT2D eigenvalue weighted by atomic mass is 16.4. The minimum absolute atomic E-state index is 0.0149. The summed E-state index contributed by atoms with van der Waals surface area (Å²) in [6.07, 6.45) is 0. The highest BCUT2D eigenvalue weighted by Crippen LogP contribution is 2.51. The van der Waals surface area contributed by atoms with Crippen LogP contribution in [0.1, 0.15) is 105 Å². The molecule has 2 aliphatic heterocycles. The average Bonchev–Trinajstić information content (AvgIpc) is 3.87. The number of anilines is 9. The summed E-state index contributed by atoms with van der Waals surface area (Å²) >= 11 is 0. The Morgan fingerprint density at radius 1 is 0.368 bits per heavy atom. The van der Waals surface area contributed by atoms with Crippen LogP contribution < -0.4 is 31.1 Å². The molecule has 0 atom stereocenters. The summed E-state index contributed by atoms with van der Waals surface area (Å²) in [5.41, 5.74) is 17.5. The second kappa shape index (κ2) is 15.3. The zero-order valence-corrected chi connectivity index (χ0v) is 41.7. The number of nitrogens with zero attached hydrogens (tertiary/aromatic N) is 3. The Morgan fingerprint density at radius 3 is 1.07 bits per heavy atom. The summed E-state index contributed by atoms with van der Waals surface area (Å²) < 4.78 is 14.8. The van der Waals surface area contributed by atoms with Crippen LogP contribution in [0.15, 0.2) is 167 Å². The Morgan fingerprint density at radius 2 is 0.721 bits per heavy atom. The molecule has 0 amide bonds. The van der Waals surface area contributed by atoms with Crippen molar-refractivity contribution in [1.82, 2.24) is 0 Å². The van der Waals surface area contributed by atoms with E-state index in [1.807, 2.05) is 0 Å². The van der Waals surface area contributed by atoms with Gasteiger partial charge in [0, 0.05) is 55.8 Å². The number of hydrogen-bond acceptors (Lipinski definition) is 5. The van der Waals surface area contributed by atoms with Gasteiger partial charge in [-0.15, -0.1) is 0 Å². The third-order valence-electron chi connectivity index (χ3n) is 14.3. The average molecular weight is 892 g/mol. The SMILES string of the molecule is CC(C)(C)c1ccc(N2c3cc(N(c4ccccc4)c4ccccc4)cc4c3B(c3c2oc2cc(C(C)(C)C)ccc32)c2c(oc3cc(C(C)(C)C)ccc23)N4c2ccc(C(C)(C)C)cc2)cc1. The third kappa shape index (κ3) is 7.14. The molecule has 0 aliphatic carbocycles. The van der Waals surface area contributed by atoms with Crippen molar-refractivity contribution in [2.45, 2.75) is 105 Å². The number of hydrogen-bond donors (Lipinski definition) is 0. The standard InChI is InChI=1S/C62H62BN3O2/c1-59(2,3)39-23-29-45(30-24-39)65-50-37-47(64(43-19-15-13-16-20-43)44-21-17-14-18-22-44)38-51-56(50)63(54-48-33-27-41(61(7,8)9)35-52(48)67-57(54)65)55-49-34-28-42(62(10,11)12)36-53(49)68-58(55)66(51)46-31-25-40(26-32-46)60(4,5)6/h13-38H,1-12H3. The third-order valence-corrected chi connectivity index (χ3v) is 14.3. The van der Waals surface area contributed by atoms with E-state index < -0.39 is 0 Å². The Balaban J connectivity index is 1.30. The highest BCUT2D eigenvalue weighted by molar-refractivity contribution is 7.02. The minimum Gasteiger partial charge on any atom is -0.440 e. The lowest BCUT2D eigenvalue weighted by Gasteiger charge is -2.41. The fourth-order valence-corrected chi connectivity index (χ4v) is 10.4. The maximum absolute atomic E-state index is 7.41. The van der Waals surface area contributed by atoms with Crippen LogP contribution in [0, 0.1) is 0 Å². The molecule has 340 valence electrons. The van der Waals surface area contributed by atoms with Gasteiger partial charge in [0.25, 0.3) is 6.71 Å². The molecule has 2 aromatic heterocycles. The Labute approximate surface area is 403 Å². The van der Waals surface area contributed by atoms with Crippen LogP contribution in [0.3, 0.4) is 0 Å². The monoisotopic (exact) mass is 891 g/mol. The van der Waals surface area contributed by atoms with E-state index in [-0.39, 0.29) is 28.4 Å². The van der Waals surface area contributed by atoms with Crippen molar-refractivity contribution in [2.24, 2.45) is 0 Å². The molecule has 0 unspecified atom stereocenters. The molecular formula is C62H62BN3O2. The molecule has 11 rings (SSSR count). The molecule has 2 aliphatic rings. The van der Waals surface area contributed by atoms with Gasteiger partial charge in [0.15, 0.2) is 0 Å². The van der Waals surface area contributed by atoms with Gasteiger partial charge in [0.05, 0.1) is 5.69 Å². The largest absolute Gasteiger partial charge is 0.440 e. The van der Waals surface area contributed by atoms with Crippen molar-refractivity contribution >= 4 is 96.6 Å². The van der Waals surface area contributed by atoms with Gasteiger partial charge in [-0.2, -0.15) is 0 Å². The van der Waals surface area contributed by atoms with Gasteiger partial charge >= 0.3 is 0 Å². The lowest BCUT2D eigenvalue weighted by molar-refractivity contribution is 0.584. The molecule has 0 fully saturated rings. The van der Waals surface area contributed by atoms with Crippen molar-refractivity contribution < 1.29 is 8.83 Å². The summed E-state index contributed by atoms with van der Waals surface area (Å²) in [4.78, 5) is 7.18. The van der Waals surface area contributed by atoms with Crippen LogP contribution in [-0.4, -0.2) is 6.71 Å². The first-order chi connectivity index (χ1) is 32.3. The fraction of sp³-hybridized carbons (Fsp3) is 0.258. The molecule has 4 heterocycles. The van der Waals surface area contributed by atoms with E-state index in [4.69, 9.17) is 8.83 Å². The summed E-state index contributed by atoms with van der Waals surface area (Å²) in [5.74, 6) is 1.66. The zero-order chi connectivity index (χ0) is 47.7. The lowest BCUT2D eigenvalue weighted by Crippen LogP contribution is -2.60. The van der Waals surface area contributed by atoms with E-state index in [0.717, 1.165) is 84.4 Å². The van der Waals surface area contributed by atoms with Crippen LogP contribution in [0.2, 0.25) is 0 Å². The summed E-state index contributed by atoms with van der Waals surface area (Å²) in [5, 5.41) is 2.22. The first-order valence-corrected chi connectivity index (χ1v) is 24.3. The van der Waals surface area contributed by atoms with Crippen LogP contribution >= 0.6 is 0 Å². The summed E-state index contributed by atoms with van der Waals surface area (Å²) in [7, 11) is 0. The fourth-order valence-electron chi connectivity index (χ4n) is 10.4. The van der Waals surface area contributed by atoms with E-state index in [1.54, 1.807) is 0 Å². The van der Waals surface area contributed by atoms with Gasteiger partial charge in [-0.25, -0.2) is 0 Å². The molecule has 0 N–H and O–H groups in total. The predicted octanol–water partition coefficient (Wildman–Crippen LogP) is 15.9. The van der Waals surface area contributed by atoms with Gasteiger partial charge < -0.3 is 13.7 Å². The van der Waals surface area contributed by atoms with Gasteiger partial charge in [-0.1, -0.05) is 168 Å². The van der Waals surface area contributed by atoms with E-state index in [1.165, 1.54) is 27.7 Å². The van der Waals surface area contributed by atoms with Crippen LogP contribution in [0.25, 0.3) is 21.9 Å². The van der Waals surface area contributed by atoms with Crippen molar-refractivity contribution in [3.8, 4) is 0 Å². The first-order valence-electron chi connectivity index (χ1n) is 24.3. The van der Waals surface area contributed by atoms with Gasteiger partial charge in [-0.3, -0.25) is 9.80 Å². The Hall–Kier alpha value is -6.92. The van der Waals surface area contributed by atoms with E-state index in [0.29, 0.717) is 0 Å². The lowest BCUT2D eigenvalue weighted by atomic mass is 9.33. The number of fused-ring (bicyclic) bond motifs is 8. The highest BCUT2D eigenvalue weighted by Gasteiger charge is 2.49. The minimum atomic E-state index is -0.223. The van der Waals surface area contributed by atoms with Crippen molar-refractivity contribution in [3.63, 3.8) is 0 Å². The number of benzene rings is 7. The van der Waals surface area contributed by atoms with Gasteiger partial charge in [0.2, 0.25) is 11.8 Å². The molecular weight excluding hydrogens is 830 g/mol. The number of rotatable bonds is 5. The van der Waals surface area contributed by atoms with Crippen LogP contribution in [0.4, 0.5) is 51.6 Å². The molecule has 68 heavy (non-hydrogen) atoms. The number of furan rings is 2. The van der Waals surface area contributed by atoms with Crippen LogP contribution in [-0.2, 0) is 21.7 Å². The quantitative estimate of drug-likeness (QED) is 0.161. The van der Waals surface area contributed by atoms with Crippen molar-refractivity contribution in [3.05, 3.63) is 180 Å². The molecule has 0 saturated carbocycles. The smallest absolute Gasteiger partial charge is 0.262 e. The molecule has 7 aromatic carbocycles. The number of para-hydroxylation sites is 2. The molecule has 0 spiro atoms. The molecule has 0 saturated heterocycles. The molecule has 6 heteroatoms. The zero-order valence-electron chi connectivity index (χ0n) is 41.7. The van der Waals surface area contributed by atoms with Crippen LogP contribution in [0.5, 0.6) is 0 Å². The van der Waals surface area contributed by atoms with E-state index >= 15 is 0 Å². The predicted molar refractivity (Wildman–Crippen MR) is 289 cm³/mol. The topological polar surface area (TPSA) is 36.0 Å². The van der Waals surface area contributed by atoms with Gasteiger partial charge in [-0.05, 0) is 122 Å². The van der Waals surface area contributed by atoms with E-state index in [9.17, 15) is 0 Å². The molecule has 0 bridgehead atoms. The molecule has 5 nitrogen and oxygen atoms in total. The summed E-state index contributed by atoms with van der Waals surface area (Å²) in [6, 6.07) is 58.2. The second-order valence-corrected chi connectivity index (χ2v) is 23.2. The second-order valence-electron chi connectivity index (χ2n) is 23.2. The molecule has 0 radical (unpaired) electrons. The maximum Gasteiger partial charge on any atom is 0.262 e. The maximum atomic E-state index is 7.41. The summed E-state index contributed by atoms with van der Waals surface area (Å²) in [6.45, 7) is 27.1. The van der Waals surface area contributed by atoms with Gasteiger partial charge in [0.1, 0.15) is 11.2 Å². The van der Waals surface area contributed by atoms with Crippen molar-refractivity contribution in [2.75, 3.05) is 14.7 Å². The first kappa shape index (κ1) is 43.6. The Kier molecular flexibility index (Phi) is 9.82. The Bertz CT molecular complexity index is 3150. The van der Waals surface area contributed by atoms with E-state index in [2.05, 4.69) is 256 Å². The molecule has 9 aromatic rings.